The van der Waals surface area contributed by atoms with Gasteiger partial charge in [-0.2, -0.15) is 0 Å². The number of rotatable bonds is 4. The second kappa shape index (κ2) is 14.1. The average Bonchev–Trinajstić information content (AvgIpc) is 2.66. The zero-order valence-corrected chi connectivity index (χ0v) is 19.3. The third-order valence-corrected chi connectivity index (χ3v) is 8.19. The molecule has 5 atom stereocenters. The lowest BCUT2D eigenvalue weighted by Gasteiger charge is -2.38. The van der Waals surface area contributed by atoms with Gasteiger partial charge in [0.1, 0.15) is 0 Å². The molecule has 0 heteroatoms. The van der Waals surface area contributed by atoms with Gasteiger partial charge >= 0.3 is 0 Å². The first kappa shape index (κ1) is 23.3. The van der Waals surface area contributed by atoms with Crippen LogP contribution >= 0.6 is 0 Å². The van der Waals surface area contributed by atoms with Gasteiger partial charge < -0.3 is 0 Å². The Morgan fingerprint density at radius 1 is 0.630 bits per heavy atom. The summed E-state index contributed by atoms with van der Waals surface area (Å²) in [5, 5.41) is 0. The quantitative estimate of drug-likeness (QED) is 0.458. The fraction of sp³-hybridized carbons (Fsp3) is 1.00. The summed E-state index contributed by atoms with van der Waals surface area (Å²) in [5.74, 6) is 5.10. The van der Waals surface area contributed by atoms with Crippen molar-refractivity contribution in [2.45, 2.75) is 143 Å². The number of hydrogen-bond donors (Lipinski definition) is 0. The van der Waals surface area contributed by atoms with Crippen LogP contribution in [0, 0.1) is 29.6 Å². The topological polar surface area (TPSA) is 0 Å². The van der Waals surface area contributed by atoms with Crippen molar-refractivity contribution in [1.82, 2.24) is 0 Å². The van der Waals surface area contributed by atoms with Crippen LogP contribution in [0.25, 0.3) is 0 Å². The summed E-state index contributed by atoms with van der Waals surface area (Å²) in [7, 11) is 0. The lowest BCUT2D eigenvalue weighted by atomic mass is 9.67. The summed E-state index contributed by atoms with van der Waals surface area (Å²) in [4.78, 5) is 0. The molecule has 27 heavy (non-hydrogen) atoms. The highest BCUT2D eigenvalue weighted by molar-refractivity contribution is 4.81. The lowest BCUT2D eigenvalue weighted by molar-refractivity contribution is 0.123. The van der Waals surface area contributed by atoms with E-state index in [1.54, 1.807) is 12.8 Å². The molecule has 0 amide bonds. The molecular weight excluding hydrogens is 324 g/mol. The smallest absolute Gasteiger partial charge is 0.0360 e. The van der Waals surface area contributed by atoms with Gasteiger partial charge in [0.05, 0.1) is 0 Å². The fourth-order valence-electron chi connectivity index (χ4n) is 6.46. The van der Waals surface area contributed by atoms with Crippen molar-refractivity contribution in [2.75, 3.05) is 0 Å². The Labute approximate surface area is 172 Å². The van der Waals surface area contributed by atoms with Crippen LogP contribution in [0.5, 0.6) is 0 Å². The summed E-state index contributed by atoms with van der Waals surface area (Å²) >= 11 is 0. The second-order valence-corrected chi connectivity index (χ2v) is 10.7. The summed E-state index contributed by atoms with van der Waals surface area (Å²) in [5.41, 5.74) is 0. The molecule has 0 aromatic rings. The van der Waals surface area contributed by atoms with E-state index in [2.05, 4.69) is 20.8 Å². The molecule has 0 saturated heterocycles. The predicted molar refractivity (Wildman–Crippen MR) is 122 cm³/mol. The van der Waals surface area contributed by atoms with E-state index in [1.165, 1.54) is 109 Å². The Morgan fingerprint density at radius 2 is 1.22 bits per heavy atom. The molecule has 0 aromatic heterocycles. The second-order valence-electron chi connectivity index (χ2n) is 10.7. The lowest BCUT2D eigenvalue weighted by Crippen LogP contribution is -2.28. The van der Waals surface area contributed by atoms with Gasteiger partial charge in [0.2, 0.25) is 0 Å². The van der Waals surface area contributed by atoms with E-state index in [4.69, 9.17) is 0 Å². The van der Waals surface area contributed by atoms with E-state index in [-0.39, 0.29) is 0 Å². The van der Waals surface area contributed by atoms with E-state index in [0.717, 1.165) is 29.6 Å². The van der Waals surface area contributed by atoms with E-state index < -0.39 is 0 Å². The van der Waals surface area contributed by atoms with Gasteiger partial charge in [0, 0.05) is 0 Å². The van der Waals surface area contributed by atoms with Gasteiger partial charge in [-0.1, -0.05) is 130 Å². The first-order valence-corrected chi connectivity index (χ1v) is 13.2. The van der Waals surface area contributed by atoms with Crippen LogP contribution in [0.4, 0.5) is 0 Å². The van der Waals surface area contributed by atoms with Crippen LogP contribution in [0.2, 0.25) is 0 Å². The molecule has 0 nitrogen and oxygen atoms in total. The van der Waals surface area contributed by atoms with Crippen LogP contribution in [-0.4, -0.2) is 0 Å². The Kier molecular flexibility index (Phi) is 12.1. The van der Waals surface area contributed by atoms with Gasteiger partial charge in [-0.3, -0.25) is 0 Å². The van der Waals surface area contributed by atoms with Crippen LogP contribution in [-0.2, 0) is 0 Å². The largest absolute Gasteiger partial charge is 0.0654 e. The molecule has 2 fully saturated rings. The molecule has 0 bridgehead atoms. The summed E-state index contributed by atoms with van der Waals surface area (Å²) < 4.78 is 0. The third kappa shape index (κ3) is 9.36. The predicted octanol–water partition coefficient (Wildman–Crippen LogP) is 9.57. The van der Waals surface area contributed by atoms with Gasteiger partial charge in [-0.15, -0.1) is 0 Å². The Bertz CT molecular complexity index is 346. The molecule has 0 spiro atoms. The minimum Gasteiger partial charge on any atom is -0.0654 e. The van der Waals surface area contributed by atoms with Crippen molar-refractivity contribution in [3.63, 3.8) is 0 Å². The van der Waals surface area contributed by atoms with Crippen molar-refractivity contribution in [3.05, 3.63) is 0 Å². The molecule has 160 valence electrons. The van der Waals surface area contributed by atoms with Crippen molar-refractivity contribution in [3.8, 4) is 0 Å². The van der Waals surface area contributed by atoms with Crippen molar-refractivity contribution < 1.29 is 0 Å². The molecule has 2 aliphatic rings. The normalized spacial score (nSPS) is 35.9. The van der Waals surface area contributed by atoms with Gasteiger partial charge in [-0.05, 0) is 42.4 Å². The number of unbranched alkanes of at least 4 members (excludes halogenated alkanes) is 1. The minimum atomic E-state index is 0.983. The highest BCUT2D eigenvalue weighted by Gasteiger charge is 2.31. The zero-order chi connectivity index (χ0) is 19.3. The van der Waals surface area contributed by atoms with Crippen LogP contribution < -0.4 is 0 Å². The molecule has 2 rings (SSSR count). The maximum atomic E-state index is 2.58. The Morgan fingerprint density at radius 3 is 1.89 bits per heavy atom. The minimum absolute atomic E-state index is 0.983. The summed E-state index contributed by atoms with van der Waals surface area (Å²) in [6, 6.07) is 0. The van der Waals surface area contributed by atoms with Crippen molar-refractivity contribution in [2.24, 2.45) is 29.6 Å². The molecule has 0 radical (unpaired) electrons. The van der Waals surface area contributed by atoms with E-state index >= 15 is 0 Å². The molecule has 2 saturated carbocycles. The maximum Gasteiger partial charge on any atom is -0.0360 e. The van der Waals surface area contributed by atoms with Crippen LogP contribution in [0.3, 0.4) is 0 Å². The van der Waals surface area contributed by atoms with Gasteiger partial charge in [0.25, 0.3) is 0 Å². The van der Waals surface area contributed by atoms with Gasteiger partial charge in [-0.25, -0.2) is 0 Å². The maximum absolute atomic E-state index is 2.58. The highest BCUT2D eigenvalue weighted by atomic mass is 14.4. The van der Waals surface area contributed by atoms with Crippen molar-refractivity contribution in [1.29, 1.82) is 0 Å². The summed E-state index contributed by atoms with van der Waals surface area (Å²) in [6.07, 6.45) is 28.6. The highest BCUT2D eigenvalue weighted by Crippen LogP contribution is 2.42. The SMILES string of the molecule is CCCCC1CCCCCCCCCCC(C2CCC(C)CC2C)CCC1. The first-order valence-electron chi connectivity index (χ1n) is 13.2. The number of hydrogen-bond acceptors (Lipinski definition) is 0. The Hall–Kier alpha value is 0. The summed E-state index contributed by atoms with van der Waals surface area (Å²) in [6.45, 7) is 7.44. The molecule has 0 N–H and O–H groups in total. The first-order chi connectivity index (χ1) is 13.2. The van der Waals surface area contributed by atoms with E-state index in [0.29, 0.717) is 0 Å². The molecule has 2 aliphatic carbocycles. The molecule has 0 heterocycles. The van der Waals surface area contributed by atoms with Crippen molar-refractivity contribution >= 4 is 0 Å². The average molecular weight is 377 g/mol. The molecule has 0 aliphatic heterocycles. The Balaban J connectivity index is 1.90. The monoisotopic (exact) mass is 376 g/mol. The van der Waals surface area contributed by atoms with Crippen LogP contribution in [0.1, 0.15) is 143 Å². The van der Waals surface area contributed by atoms with E-state index in [9.17, 15) is 0 Å². The standard InChI is InChI=1S/C27H52/c1-4-5-15-25-16-12-10-8-6-7-9-11-13-18-26(19-14-17-25)27-21-20-23(2)22-24(27)3/h23-27H,4-22H2,1-3H3. The van der Waals surface area contributed by atoms with Crippen LogP contribution in [0.15, 0.2) is 0 Å². The third-order valence-electron chi connectivity index (χ3n) is 8.19. The van der Waals surface area contributed by atoms with E-state index in [1.807, 2.05) is 0 Å². The van der Waals surface area contributed by atoms with Gasteiger partial charge in [0.15, 0.2) is 0 Å². The molecular formula is C27H52. The molecule has 0 aromatic carbocycles. The molecule has 5 unspecified atom stereocenters. The zero-order valence-electron chi connectivity index (χ0n) is 19.3. The fourth-order valence-corrected chi connectivity index (χ4v) is 6.46.